The normalized spacial score (nSPS) is 24.6. The van der Waals surface area contributed by atoms with Gasteiger partial charge in [-0.3, -0.25) is 9.59 Å². The highest BCUT2D eigenvalue weighted by Crippen LogP contribution is 2.24. The Morgan fingerprint density at radius 2 is 1.88 bits per heavy atom. The van der Waals surface area contributed by atoms with E-state index in [1.165, 1.54) is 0 Å². The molecule has 2 N–H and O–H groups in total. The van der Waals surface area contributed by atoms with Gasteiger partial charge in [-0.25, -0.2) is 0 Å². The largest absolute Gasteiger partial charge is 0.481 e. The second kappa shape index (κ2) is 6.89. The van der Waals surface area contributed by atoms with Crippen molar-refractivity contribution >= 4 is 23.6 Å². The van der Waals surface area contributed by atoms with Crippen molar-refractivity contribution in [1.82, 2.24) is 5.32 Å². The quantitative estimate of drug-likeness (QED) is 0.791. The van der Waals surface area contributed by atoms with Gasteiger partial charge in [0.05, 0.1) is 11.7 Å². The lowest BCUT2D eigenvalue weighted by Crippen LogP contribution is -2.39. The Kier molecular flexibility index (Phi) is 5.82. The van der Waals surface area contributed by atoms with Gasteiger partial charge in [-0.1, -0.05) is 13.8 Å². The van der Waals surface area contributed by atoms with Crippen LogP contribution >= 0.6 is 11.8 Å². The zero-order chi connectivity index (χ0) is 12.8. The van der Waals surface area contributed by atoms with E-state index in [4.69, 9.17) is 5.11 Å². The van der Waals surface area contributed by atoms with Crippen molar-refractivity contribution in [2.75, 3.05) is 5.75 Å². The second-order valence-electron chi connectivity index (χ2n) is 4.81. The minimum Gasteiger partial charge on any atom is -0.481 e. The number of rotatable bonds is 5. The Morgan fingerprint density at radius 1 is 1.29 bits per heavy atom. The number of hydrogen-bond acceptors (Lipinski definition) is 3. The van der Waals surface area contributed by atoms with Crippen molar-refractivity contribution in [3.63, 3.8) is 0 Å². The highest BCUT2D eigenvalue weighted by molar-refractivity contribution is 8.00. The molecule has 0 radical (unpaired) electrons. The minimum absolute atomic E-state index is 0.0717. The van der Waals surface area contributed by atoms with Crippen molar-refractivity contribution in [2.24, 2.45) is 5.92 Å². The molecule has 1 amide bonds. The number of nitrogens with one attached hydrogen (secondary N) is 1. The molecule has 0 atom stereocenters. The molecule has 1 aliphatic carbocycles. The summed E-state index contributed by atoms with van der Waals surface area (Å²) in [6, 6.07) is 0.172. The molecule has 0 saturated heterocycles. The molecule has 0 bridgehead atoms. The van der Waals surface area contributed by atoms with Crippen LogP contribution in [0.3, 0.4) is 0 Å². The van der Waals surface area contributed by atoms with E-state index >= 15 is 0 Å². The van der Waals surface area contributed by atoms with Crippen LogP contribution in [0.5, 0.6) is 0 Å². The lowest BCUT2D eigenvalue weighted by molar-refractivity contribution is -0.142. The van der Waals surface area contributed by atoms with Gasteiger partial charge in [0.2, 0.25) is 5.91 Å². The zero-order valence-corrected chi connectivity index (χ0v) is 11.3. The van der Waals surface area contributed by atoms with Crippen molar-refractivity contribution in [3.8, 4) is 0 Å². The Bertz CT molecular complexity index is 273. The molecule has 1 rings (SSSR count). The summed E-state index contributed by atoms with van der Waals surface area (Å²) in [6.07, 6.45) is 2.93. The van der Waals surface area contributed by atoms with Crippen LogP contribution in [0.15, 0.2) is 0 Å². The van der Waals surface area contributed by atoms with Crippen LogP contribution < -0.4 is 5.32 Å². The van der Waals surface area contributed by atoms with Gasteiger partial charge < -0.3 is 10.4 Å². The van der Waals surface area contributed by atoms with E-state index in [1.54, 1.807) is 11.8 Å². The SMILES string of the molecule is CC(C)SCC(=O)NC1CCC(C(=O)O)CC1. The molecule has 0 aromatic carbocycles. The molecule has 0 unspecified atom stereocenters. The molecule has 1 aliphatic rings. The molecule has 0 spiro atoms. The molecule has 1 fully saturated rings. The van der Waals surface area contributed by atoms with Crippen LogP contribution in [0, 0.1) is 5.92 Å². The Balaban J connectivity index is 2.21. The van der Waals surface area contributed by atoms with Crippen LogP contribution in [0.1, 0.15) is 39.5 Å². The molecule has 0 aliphatic heterocycles. The van der Waals surface area contributed by atoms with Crippen LogP contribution in [0.2, 0.25) is 0 Å². The van der Waals surface area contributed by atoms with Crippen LogP contribution in [-0.4, -0.2) is 34.0 Å². The molecule has 0 aromatic heterocycles. The first-order chi connectivity index (χ1) is 7.99. The lowest BCUT2D eigenvalue weighted by atomic mass is 9.86. The van der Waals surface area contributed by atoms with E-state index in [-0.39, 0.29) is 17.9 Å². The minimum atomic E-state index is -0.704. The summed E-state index contributed by atoms with van der Waals surface area (Å²) < 4.78 is 0. The maximum Gasteiger partial charge on any atom is 0.306 e. The number of thioether (sulfide) groups is 1. The number of carbonyl (C=O) groups is 2. The van der Waals surface area contributed by atoms with E-state index < -0.39 is 5.97 Å². The standard InChI is InChI=1S/C12H21NO3S/c1-8(2)17-7-11(14)13-10-5-3-9(4-6-10)12(15)16/h8-10H,3-7H2,1-2H3,(H,13,14)(H,15,16). The maximum atomic E-state index is 11.6. The van der Waals surface area contributed by atoms with Gasteiger partial charge >= 0.3 is 5.97 Å². The fourth-order valence-electron chi connectivity index (χ4n) is 2.00. The maximum absolute atomic E-state index is 11.6. The number of amides is 1. The first-order valence-electron chi connectivity index (χ1n) is 6.12. The Labute approximate surface area is 107 Å². The number of carbonyl (C=O) groups excluding carboxylic acids is 1. The molecule has 17 heavy (non-hydrogen) atoms. The van der Waals surface area contributed by atoms with Crippen LogP contribution in [-0.2, 0) is 9.59 Å². The summed E-state index contributed by atoms with van der Waals surface area (Å²) in [5.41, 5.74) is 0. The lowest BCUT2D eigenvalue weighted by Gasteiger charge is -2.26. The summed E-state index contributed by atoms with van der Waals surface area (Å²) in [5.74, 6) is -0.350. The van der Waals surface area contributed by atoms with E-state index in [0.717, 1.165) is 12.8 Å². The summed E-state index contributed by atoms with van der Waals surface area (Å²) in [4.78, 5) is 22.4. The molecule has 98 valence electrons. The van der Waals surface area contributed by atoms with Gasteiger partial charge in [-0.2, -0.15) is 0 Å². The zero-order valence-electron chi connectivity index (χ0n) is 10.4. The van der Waals surface area contributed by atoms with E-state index in [1.807, 2.05) is 0 Å². The number of carboxylic acid groups (broad SMARTS) is 1. The predicted octanol–water partition coefficient (Wildman–Crippen LogP) is 1.89. The Hall–Kier alpha value is -0.710. The smallest absolute Gasteiger partial charge is 0.306 e. The predicted molar refractivity (Wildman–Crippen MR) is 69.1 cm³/mol. The molecule has 4 nitrogen and oxygen atoms in total. The van der Waals surface area contributed by atoms with Crippen LogP contribution in [0.4, 0.5) is 0 Å². The van der Waals surface area contributed by atoms with Gasteiger partial charge in [0, 0.05) is 6.04 Å². The van der Waals surface area contributed by atoms with Crippen molar-refractivity contribution in [2.45, 2.75) is 50.8 Å². The number of carboxylic acids is 1. The molecule has 1 saturated carbocycles. The average molecular weight is 259 g/mol. The van der Waals surface area contributed by atoms with Gasteiger partial charge in [0.1, 0.15) is 0 Å². The topological polar surface area (TPSA) is 66.4 Å². The summed E-state index contributed by atoms with van der Waals surface area (Å²) in [6.45, 7) is 4.13. The molecule has 5 heteroatoms. The highest BCUT2D eigenvalue weighted by Gasteiger charge is 2.26. The third-order valence-electron chi connectivity index (χ3n) is 2.99. The van der Waals surface area contributed by atoms with E-state index in [0.29, 0.717) is 23.8 Å². The van der Waals surface area contributed by atoms with Gasteiger partial charge in [0.25, 0.3) is 0 Å². The third kappa shape index (κ3) is 5.44. The summed E-state index contributed by atoms with van der Waals surface area (Å²) in [5, 5.41) is 12.3. The highest BCUT2D eigenvalue weighted by atomic mass is 32.2. The first-order valence-corrected chi connectivity index (χ1v) is 7.17. The van der Waals surface area contributed by atoms with Crippen molar-refractivity contribution in [3.05, 3.63) is 0 Å². The second-order valence-corrected chi connectivity index (χ2v) is 6.38. The van der Waals surface area contributed by atoms with Crippen molar-refractivity contribution in [1.29, 1.82) is 0 Å². The fraction of sp³-hybridized carbons (Fsp3) is 0.833. The number of hydrogen-bond donors (Lipinski definition) is 2. The van der Waals surface area contributed by atoms with Gasteiger partial charge in [-0.15, -0.1) is 11.8 Å². The van der Waals surface area contributed by atoms with Gasteiger partial charge in [-0.05, 0) is 30.9 Å². The van der Waals surface area contributed by atoms with Crippen LogP contribution in [0.25, 0.3) is 0 Å². The average Bonchev–Trinajstić information content (AvgIpc) is 2.27. The molecular weight excluding hydrogens is 238 g/mol. The number of aliphatic carboxylic acids is 1. The fourth-order valence-corrected chi connectivity index (χ4v) is 2.56. The summed E-state index contributed by atoms with van der Waals surface area (Å²) >= 11 is 1.63. The third-order valence-corrected chi connectivity index (χ3v) is 4.08. The molecule has 0 heterocycles. The Morgan fingerprint density at radius 3 is 2.35 bits per heavy atom. The van der Waals surface area contributed by atoms with Crippen molar-refractivity contribution < 1.29 is 14.7 Å². The molecular formula is C12H21NO3S. The molecule has 0 aromatic rings. The monoisotopic (exact) mass is 259 g/mol. The summed E-state index contributed by atoms with van der Waals surface area (Å²) in [7, 11) is 0. The van der Waals surface area contributed by atoms with E-state index in [2.05, 4.69) is 19.2 Å². The van der Waals surface area contributed by atoms with Gasteiger partial charge in [0.15, 0.2) is 0 Å². The van der Waals surface area contributed by atoms with E-state index in [9.17, 15) is 9.59 Å². The first kappa shape index (κ1) is 14.4.